The van der Waals surface area contributed by atoms with Gasteiger partial charge in [-0.25, -0.2) is 0 Å². The van der Waals surface area contributed by atoms with Gasteiger partial charge in [0.1, 0.15) is 0 Å². The Hall–Kier alpha value is -0.610. The maximum atomic E-state index is 11.3. The molecule has 0 radical (unpaired) electrons. The maximum Gasteiger partial charge on any atom is 0.307 e. The van der Waals surface area contributed by atoms with Crippen molar-refractivity contribution in [3.05, 3.63) is 0 Å². The minimum atomic E-state index is -0.616. The van der Waals surface area contributed by atoms with E-state index < -0.39 is 5.97 Å². The van der Waals surface area contributed by atoms with Crippen LogP contribution >= 0.6 is 0 Å². The summed E-state index contributed by atoms with van der Waals surface area (Å²) < 4.78 is 0. The van der Waals surface area contributed by atoms with Crippen LogP contribution in [0.3, 0.4) is 0 Å². The number of carboxylic acids is 1. The number of nitrogens with one attached hydrogen (secondary N) is 1. The van der Waals surface area contributed by atoms with E-state index in [2.05, 4.69) is 17.1 Å². The lowest BCUT2D eigenvalue weighted by Crippen LogP contribution is -2.57. The fraction of sp³-hybridized carbons (Fsp3) is 0.929. The molecule has 2 saturated carbocycles. The fourth-order valence-corrected chi connectivity index (χ4v) is 3.47. The first-order chi connectivity index (χ1) is 8.61. The minimum Gasteiger partial charge on any atom is -0.481 e. The molecule has 18 heavy (non-hydrogen) atoms. The van der Waals surface area contributed by atoms with E-state index in [0.29, 0.717) is 18.1 Å². The van der Waals surface area contributed by atoms with Crippen molar-refractivity contribution < 1.29 is 9.90 Å². The molecule has 3 aliphatic rings. The molecule has 1 saturated heterocycles. The van der Waals surface area contributed by atoms with Crippen LogP contribution in [0.1, 0.15) is 39.0 Å². The average Bonchev–Trinajstić information content (AvgIpc) is 3.08. The summed E-state index contributed by atoms with van der Waals surface area (Å²) in [5, 5.41) is 12.9. The first kappa shape index (κ1) is 12.4. The minimum absolute atomic E-state index is 0.175. The van der Waals surface area contributed by atoms with Gasteiger partial charge in [-0.05, 0) is 38.0 Å². The summed E-state index contributed by atoms with van der Waals surface area (Å²) in [6.07, 6.45) is 5.86. The first-order valence-corrected chi connectivity index (χ1v) is 7.34. The van der Waals surface area contributed by atoms with Crippen LogP contribution in [-0.4, -0.2) is 47.2 Å². The molecule has 0 bridgehead atoms. The van der Waals surface area contributed by atoms with Gasteiger partial charge in [0.15, 0.2) is 0 Å². The van der Waals surface area contributed by atoms with Crippen molar-refractivity contribution in [1.82, 2.24) is 10.2 Å². The Labute approximate surface area is 109 Å². The third-order valence-corrected chi connectivity index (χ3v) is 4.74. The summed E-state index contributed by atoms with van der Waals surface area (Å²) in [4.78, 5) is 13.7. The van der Waals surface area contributed by atoms with Gasteiger partial charge >= 0.3 is 5.97 Å². The molecule has 4 heteroatoms. The lowest BCUT2D eigenvalue weighted by molar-refractivity contribution is -0.145. The average molecular weight is 252 g/mol. The van der Waals surface area contributed by atoms with Crippen molar-refractivity contribution in [3.63, 3.8) is 0 Å². The molecule has 2 unspecified atom stereocenters. The van der Waals surface area contributed by atoms with Gasteiger partial charge in [0.25, 0.3) is 0 Å². The number of nitrogens with zero attached hydrogens (tertiary/aromatic N) is 1. The molecule has 2 atom stereocenters. The quantitative estimate of drug-likeness (QED) is 0.792. The zero-order valence-electron chi connectivity index (χ0n) is 11.1. The van der Waals surface area contributed by atoms with Crippen LogP contribution in [0.4, 0.5) is 0 Å². The predicted octanol–water partition coefficient (Wildman–Crippen LogP) is 1.31. The monoisotopic (exact) mass is 252 g/mol. The van der Waals surface area contributed by atoms with Gasteiger partial charge in [0.05, 0.1) is 5.92 Å². The zero-order valence-corrected chi connectivity index (χ0v) is 11.1. The first-order valence-electron chi connectivity index (χ1n) is 7.34. The molecule has 0 amide bonds. The summed E-state index contributed by atoms with van der Waals surface area (Å²) in [5.41, 5.74) is 0. The van der Waals surface area contributed by atoms with Crippen LogP contribution < -0.4 is 5.32 Å². The summed E-state index contributed by atoms with van der Waals surface area (Å²) in [6.45, 7) is 4.10. The molecule has 2 aliphatic carbocycles. The van der Waals surface area contributed by atoms with E-state index >= 15 is 0 Å². The van der Waals surface area contributed by atoms with E-state index in [1.54, 1.807) is 0 Å². The third kappa shape index (κ3) is 2.69. The zero-order chi connectivity index (χ0) is 12.7. The number of piperidine rings is 1. The van der Waals surface area contributed by atoms with E-state index in [9.17, 15) is 9.90 Å². The molecular weight excluding hydrogens is 228 g/mol. The van der Waals surface area contributed by atoms with Crippen molar-refractivity contribution >= 4 is 5.97 Å². The van der Waals surface area contributed by atoms with E-state index in [0.717, 1.165) is 25.4 Å². The molecule has 3 rings (SSSR count). The topological polar surface area (TPSA) is 52.6 Å². The Kier molecular flexibility index (Phi) is 3.32. The summed E-state index contributed by atoms with van der Waals surface area (Å²) >= 11 is 0. The number of carboxylic acid groups (broad SMARTS) is 1. The molecule has 2 N–H and O–H groups in total. The van der Waals surface area contributed by atoms with Gasteiger partial charge in [-0.1, -0.05) is 6.92 Å². The van der Waals surface area contributed by atoms with Crippen molar-refractivity contribution in [3.8, 4) is 0 Å². The van der Waals surface area contributed by atoms with Crippen LogP contribution in [0.2, 0.25) is 0 Å². The highest BCUT2D eigenvalue weighted by Gasteiger charge is 2.39. The highest BCUT2D eigenvalue weighted by molar-refractivity contribution is 5.70. The van der Waals surface area contributed by atoms with Gasteiger partial charge in [0.2, 0.25) is 0 Å². The molecule has 1 aliphatic heterocycles. The Bertz CT molecular complexity index is 324. The van der Waals surface area contributed by atoms with Crippen molar-refractivity contribution in [2.24, 2.45) is 11.8 Å². The van der Waals surface area contributed by atoms with Crippen LogP contribution in [-0.2, 0) is 4.79 Å². The largest absolute Gasteiger partial charge is 0.481 e. The Balaban J connectivity index is 1.60. The summed E-state index contributed by atoms with van der Waals surface area (Å²) in [5.74, 6) is 0.0376. The second kappa shape index (κ2) is 4.82. The number of carbonyl (C=O) groups is 1. The van der Waals surface area contributed by atoms with Gasteiger partial charge in [0, 0.05) is 31.2 Å². The highest BCUT2D eigenvalue weighted by Crippen LogP contribution is 2.34. The Morgan fingerprint density at radius 2 is 1.89 bits per heavy atom. The normalized spacial score (nSPS) is 41.4. The number of aliphatic carboxylic acids is 1. The second-order valence-corrected chi connectivity index (χ2v) is 6.59. The van der Waals surface area contributed by atoms with Gasteiger partial charge < -0.3 is 10.4 Å². The van der Waals surface area contributed by atoms with E-state index in [1.165, 1.54) is 25.7 Å². The van der Waals surface area contributed by atoms with E-state index in [4.69, 9.17) is 0 Å². The van der Waals surface area contributed by atoms with Gasteiger partial charge in [-0.2, -0.15) is 0 Å². The Morgan fingerprint density at radius 1 is 1.17 bits per heavy atom. The van der Waals surface area contributed by atoms with E-state index in [-0.39, 0.29) is 5.92 Å². The molecule has 0 spiro atoms. The molecule has 102 valence electrons. The number of hydrogen-bond acceptors (Lipinski definition) is 3. The molecule has 4 nitrogen and oxygen atoms in total. The molecule has 3 fully saturated rings. The lowest BCUT2D eigenvalue weighted by Gasteiger charge is -2.47. The van der Waals surface area contributed by atoms with Crippen molar-refractivity contribution in [2.45, 2.75) is 57.2 Å². The highest BCUT2D eigenvalue weighted by atomic mass is 16.4. The van der Waals surface area contributed by atoms with Crippen LogP contribution in [0.5, 0.6) is 0 Å². The predicted molar refractivity (Wildman–Crippen MR) is 69.4 cm³/mol. The summed E-state index contributed by atoms with van der Waals surface area (Å²) in [7, 11) is 0. The van der Waals surface area contributed by atoms with E-state index in [1.807, 2.05) is 0 Å². The van der Waals surface area contributed by atoms with Crippen LogP contribution in [0.25, 0.3) is 0 Å². The number of rotatable bonds is 4. The van der Waals surface area contributed by atoms with Crippen molar-refractivity contribution in [2.75, 3.05) is 13.1 Å². The standard InChI is InChI=1S/C14H24N2O2/c1-9-4-13(5-9)16-7-10(14(17)18)6-12(8-16)15-11-2-3-11/h9-13,15H,2-8H2,1H3,(H,17,18). The smallest absolute Gasteiger partial charge is 0.307 e. The fourth-order valence-electron chi connectivity index (χ4n) is 3.47. The second-order valence-electron chi connectivity index (χ2n) is 6.59. The van der Waals surface area contributed by atoms with Gasteiger partial charge in [-0.3, -0.25) is 9.69 Å². The SMILES string of the molecule is CC1CC(N2CC(NC3CC3)CC(C(=O)O)C2)C1. The number of likely N-dealkylation sites (tertiary alicyclic amines) is 1. The molecule has 1 heterocycles. The summed E-state index contributed by atoms with van der Waals surface area (Å²) in [6, 6.07) is 1.71. The maximum absolute atomic E-state index is 11.3. The van der Waals surface area contributed by atoms with Crippen LogP contribution in [0, 0.1) is 11.8 Å². The lowest BCUT2D eigenvalue weighted by atomic mass is 9.79. The molecule has 0 aromatic heterocycles. The van der Waals surface area contributed by atoms with Crippen molar-refractivity contribution in [1.29, 1.82) is 0 Å². The number of hydrogen-bond donors (Lipinski definition) is 2. The third-order valence-electron chi connectivity index (χ3n) is 4.74. The molecular formula is C14H24N2O2. The van der Waals surface area contributed by atoms with Crippen LogP contribution in [0.15, 0.2) is 0 Å². The Morgan fingerprint density at radius 3 is 2.44 bits per heavy atom. The molecule has 0 aromatic rings. The molecule has 0 aromatic carbocycles. The van der Waals surface area contributed by atoms with Gasteiger partial charge in [-0.15, -0.1) is 0 Å².